The monoisotopic (exact) mass is 481 g/mol. The minimum absolute atomic E-state index is 0.0329. The lowest BCUT2D eigenvalue weighted by Crippen LogP contribution is -2.22. The largest absolute Gasteiger partial charge is 0.493 e. The molecule has 0 bridgehead atoms. The van der Waals surface area contributed by atoms with Crippen molar-refractivity contribution in [3.8, 4) is 11.5 Å². The molecule has 7 heteroatoms. The molecule has 6 aromatic rings. The van der Waals surface area contributed by atoms with Gasteiger partial charge in [-0.2, -0.15) is 0 Å². The van der Waals surface area contributed by atoms with Crippen molar-refractivity contribution in [1.29, 1.82) is 0 Å². The second kappa shape index (κ2) is 8.60. The number of ether oxygens (including phenoxy) is 2. The summed E-state index contributed by atoms with van der Waals surface area (Å²) < 4.78 is 16.1. The SMILES string of the molecule is COc1ccccc1OCCn1c(C)c(/C=c2/sc3nc4ccccc4n3c2=O)c2ccccc21. The Morgan fingerprint density at radius 3 is 2.49 bits per heavy atom. The van der Waals surface area contributed by atoms with Crippen molar-refractivity contribution in [3.05, 3.63) is 98.9 Å². The molecule has 0 unspecified atom stereocenters. The molecule has 0 aliphatic carbocycles. The second-order valence-corrected chi connectivity index (χ2v) is 9.31. The highest BCUT2D eigenvalue weighted by atomic mass is 32.1. The van der Waals surface area contributed by atoms with Crippen molar-refractivity contribution in [2.24, 2.45) is 0 Å². The maximum absolute atomic E-state index is 13.3. The van der Waals surface area contributed by atoms with Gasteiger partial charge in [0.05, 0.1) is 29.2 Å². The van der Waals surface area contributed by atoms with Gasteiger partial charge in [0, 0.05) is 22.2 Å². The van der Waals surface area contributed by atoms with E-state index in [9.17, 15) is 4.79 Å². The summed E-state index contributed by atoms with van der Waals surface area (Å²) in [5.74, 6) is 1.44. The molecule has 6 rings (SSSR count). The van der Waals surface area contributed by atoms with Gasteiger partial charge in [-0.1, -0.05) is 53.8 Å². The third-order valence-corrected chi connectivity index (χ3v) is 7.31. The number of imidazole rings is 1. The predicted octanol–water partition coefficient (Wildman–Crippen LogP) is 4.81. The molecule has 174 valence electrons. The van der Waals surface area contributed by atoms with E-state index in [1.807, 2.05) is 66.7 Å². The van der Waals surface area contributed by atoms with Crippen molar-refractivity contribution in [2.45, 2.75) is 13.5 Å². The zero-order valence-electron chi connectivity index (χ0n) is 19.4. The topological polar surface area (TPSA) is 57.8 Å². The summed E-state index contributed by atoms with van der Waals surface area (Å²) in [6, 6.07) is 23.7. The van der Waals surface area contributed by atoms with Crippen LogP contribution in [0.4, 0.5) is 0 Å². The van der Waals surface area contributed by atoms with Crippen LogP contribution in [0.3, 0.4) is 0 Å². The third kappa shape index (κ3) is 3.56. The molecular formula is C28H23N3O3S. The van der Waals surface area contributed by atoms with Gasteiger partial charge in [0.1, 0.15) is 6.61 Å². The molecule has 6 nitrogen and oxygen atoms in total. The van der Waals surface area contributed by atoms with Gasteiger partial charge in [-0.25, -0.2) is 9.38 Å². The number of hydrogen-bond donors (Lipinski definition) is 0. The van der Waals surface area contributed by atoms with Crippen molar-refractivity contribution in [1.82, 2.24) is 14.0 Å². The molecule has 0 radical (unpaired) electrons. The molecule has 0 N–H and O–H groups in total. The quantitative estimate of drug-likeness (QED) is 0.343. The zero-order chi connectivity index (χ0) is 23.9. The smallest absolute Gasteiger partial charge is 0.274 e. The molecule has 0 saturated carbocycles. The molecule has 0 saturated heterocycles. The Balaban J connectivity index is 1.41. The Morgan fingerprint density at radius 1 is 0.943 bits per heavy atom. The van der Waals surface area contributed by atoms with E-state index in [1.54, 1.807) is 11.5 Å². The van der Waals surface area contributed by atoms with Gasteiger partial charge in [0.15, 0.2) is 16.5 Å². The molecule has 35 heavy (non-hydrogen) atoms. The van der Waals surface area contributed by atoms with Crippen LogP contribution in [0.25, 0.3) is 33.0 Å². The number of rotatable bonds is 6. The number of thiazole rings is 1. The van der Waals surface area contributed by atoms with Gasteiger partial charge >= 0.3 is 0 Å². The third-order valence-electron chi connectivity index (χ3n) is 6.34. The molecular weight excluding hydrogens is 458 g/mol. The normalized spacial score (nSPS) is 12.2. The fourth-order valence-electron chi connectivity index (χ4n) is 4.66. The second-order valence-electron chi connectivity index (χ2n) is 8.30. The maximum atomic E-state index is 13.3. The molecule has 3 heterocycles. The van der Waals surface area contributed by atoms with Crippen LogP contribution in [-0.2, 0) is 6.54 Å². The number of fused-ring (bicyclic) bond motifs is 4. The van der Waals surface area contributed by atoms with E-state index in [4.69, 9.17) is 9.47 Å². The molecule has 3 aromatic carbocycles. The Bertz CT molecular complexity index is 1810. The van der Waals surface area contributed by atoms with Crippen LogP contribution in [0.5, 0.6) is 11.5 Å². The molecule has 3 aromatic heterocycles. The molecule has 0 aliphatic heterocycles. The maximum Gasteiger partial charge on any atom is 0.274 e. The minimum atomic E-state index is -0.0329. The lowest BCUT2D eigenvalue weighted by molar-refractivity contribution is 0.280. The standard InChI is InChI=1S/C28H23N3O3S/c1-18-20(17-26-27(32)31-23-12-6-4-10-21(23)29-28(31)35-26)19-9-3-5-11-22(19)30(18)15-16-34-25-14-8-7-13-24(25)33-2/h3-14,17H,15-16H2,1-2H3/b26-17+. The van der Waals surface area contributed by atoms with Gasteiger partial charge in [0.2, 0.25) is 0 Å². The lowest BCUT2D eigenvalue weighted by Gasteiger charge is -2.12. The zero-order valence-corrected chi connectivity index (χ0v) is 20.2. The van der Waals surface area contributed by atoms with E-state index in [1.165, 1.54) is 11.3 Å². The van der Waals surface area contributed by atoms with Gasteiger partial charge in [-0.05, 0) is 43.3 Å². The first kappa shape index (κ1) is 21.4. The van der Waals surface area contributed by atoms with E-state index in [0.29, 0.717) is 28.4 Å². The van der Waals surface area contributed by atoms with Crippen LogP contribution in [0.2, 0.25) is 0 Å². The van der Waals surface area contributed by atoms with Crippen LogP contribution in [0, 0.1) is 6.92 Å². The number of nitrogens with zero attached hydrogens (tertiary/aromatic N) is 3. The highest BCUT2D eigenvalue weighted by Crippen LogP contribution is 2.28. The number of hydrogen-bond acceptors (Lipinski definition) is 5. The highest BCUT2D eigenvalue weighted by Gasteiger charge is 2.15. The van der Waals surface area contributed by atoms with E-state index < -0.39 is 0 Å². The van der Waals surface area contributed by atoms with Crippen molar-refractivity contribution >= 4 is 44.3 Å². The summed E-state index contributed by atoms with van der Waals surface area (Å²) in [6.07, 6.45) is 2.01. The Morgan fingerprint density at radius 2 is 1.66 bits per heavy atom. The lowest BCUT2D eigenvalue weighted by atomic mass is 10.1. The molecule has 0 aliphatic rings. The first-order chi connectivity index (χ1) is 17.2. The molecule has 0 atom stereocenters. The summed E-state index contributed by atoms with van der Waals surface area (Å²) in [4.78, 5) is 18.7. The van der Waals surface area contributed by atoms with Crippen molar-refractivity contribution < 1.29 is 9.47 Å². The number of para-hydroxylation sites is 5. The highest BCUT2D eigenvalue weighted by molar-refractivity contribution is 7.15. The summed E-state index contributed by atoms with van der Waals surface area (Å²) in [5.41, 5.74) is 4.89. The number of aromatic nitrogens is 3. The molecule has 0 amide bonds. The average Bonchev–Trinajstić information content (AvgIpc) is 3.49. The Kier molecular flexibility index (Phi) is 5.26. The minimum Gasteiger partial charge on any atom is -0.493 e. The Hall–Kier alpha value is -4.10. The first-order valence-electron chi connectivity index (χ1n) is 11.4. The van der Waals surface area contributed by atoms with Gasteiger partial charge < -0.3 is 14.0 Å². The number of benzene rings is 3. The molecule has 0 fully saturated rings. The summed E-state index contributed by atoms with van der Waals surface area (Å²) in [6.45, 7) is 3.25. The molecule has 0 spiro atoms. The number of methoxy groups -OCH3 is 1. The van der Waals surface area contributed by atoms with Crippen LogP contribution in [-0.4, -0.2) is 27.7 Å². The predicted molar refractivity (Wildman–Crippen MR) is 141 cm³/mol. The summed E-state index contributed by atoms with van der Waals surface area (Å²) >= 11 is 1.43. The van der Waals surface area contributed by atoms with Crippen LogP contribution < -0.4 is 19.6 Å². The van der Waals surface area contributed by atoms with Crippen LogP contribution in [0.15, 0.2) is 77.6 Å². The van der Waals surface area contributed by atoms with E-state index >= 15 is 0 Å². The fraction of sp³-hybridized carbons (Fsp3) is 0.143. The van der Waals surface area contributed by atoms with E-state index in [2.05, 4.69) is 28.6 Å². The average molecular weight is 482 g/mol. The van der Waals surface area contributed by atoms with E-state index in [0.717, 1.165) is 38.9 Å². The van der Waals surface area contributed by atoms with Gasteiger partial charge in [0.25, 0.3) is 5.56 Å². The fourth-order valence-corrected chi connectivity index (χ4v) is 5.62. The summed E-state index contributed by atoms with van der Waals surface area (Å²) in [5, 5.41) is 1.11. The van der Waals surface area contributed by atoms with Crippen molar-refractivity contribution in [2.75, 3.05) is 13.7 Å². The van der Waals surface area contributed by atoms with Crippen LogP contribution in [0.1, 0.15) is 11.3 Å². The Labute approximate surface area is 205 Å². The van der Waals surface area contributed by atoms with Crippen LogP contribution >= 0.6 is 11.3 Å². The first-order valence-corrected chi connectivity index (χ1v) is 12.2. The van der Waals surface area contributed by atoms with Crippen molar-refractivity contribution in [3.63, 3.8) is 0 Å². The van der Waals surface area contributed by atoms with E-state index in [-0.39, 0.29) is 5.56 Å². The van der Waals surface area contributed by atoms with Gasteiger partial charge in [-0.3, -0.25) is 4.79 Å². The van der Waals surface area contributed by atoms with Gasteiger partial charge in [-0.15, -0.1) is 0 Å². The summed E-state index contributed by atoms with van der Waals surface area (Å²) in [7, 11) is 1.64.